The molecule has 1 heterocycles. The summed E-state index contributed by atoms with van der Waals surface area (Å²) in [5.41, 5.74) is 2.04. The fraction of sp³-hybridized carbons (Fsp3) is 0.238. The van der Waals surface area contributed by atoms with Crippen LogP contribution in [0.5, 0.6) is 0 Å². The highest BCUT2D eigenvalue weighted by atomic mass is 16.2. The monoisotopic (exact) mass is 378 g/mol. The molecule has 0 aliphatic rings. The summed E-state index contributed by atoms with van der Waals surface area (Å²) in [5.74, 6) is -0.744. The third-order valence-electron chi connectivity index (χ3n) is 4.58. The van der Waals surface area contributed by atoms with Gasteiger partial charge in [-0.2, -0.15) is 5.10 Å². The number of aryl methyl sites for hydroxylation is 1. The minimum absolute atomic E-state index is 0.116. The highest BCUT2D eigenvalue weighted by Gasteiger charge is 2.16. The SMILES string of the molecule is CNC(=O)c1nn(CC(=O)NCCc2ccccc2C)c(=O)c2ccccc12. The Morgan fingerprint density at radius 2 is 1.71 bits per heavy atom. The maximum Gasteiger partial charge on any atom is 0.275 e. The molecule has 7 nitrogen and oxygen atoms in total. The van der Waals surface area contributed by atoms with E-state index in [0.29, 0.717) is 23.7 Å². The molecular weight excluding hydrogens is 356 g/mol. The van der Waals surface area contributed by atoms with Gasteiger partial charge in [-0.25, -0.2) is 4.68 Å². The molecule has 2 aromatic carbocycles. The smallest absolute Gasteiger partial charge is 0.275 e. The largest absolute Gasteiger partial charge is 0.354 e. The number of benzene rings is 2. The van der Waals surface area contributed by atoms with Crippen LogP contribution in [-0.2, 0) is 17.8 Å². The Labute approximate surface area is 162 Å². The molecule has 3 aromatic rings. The third-order valence-corrected chi connectivity index (χ3v) is 4.58. The fourth-order valence-electron chi connectivity index (χ4n) is 3.05. The zero-order valence-electron chi connectivity index (χ0n) is 15.9. The predicted octanol–water partition coefficient (Wildman–Crippen LogP) is 1.42. The van der Waals surface area contributed by atoms with E-state index in [1.54, 1.807) is 24.3 Å². The summed E-state index contributed by atoms with van der Waals surface area (Å²) < 4.78 is 1.04. The van der Waals surface area contributed by atoms with Crippen LogP contribution in [0.2, 0.25) is 0 Å². The van der Waals surface area contributed by atoms with E-state index >= 15 is 0 Å². The summed E-state index contributed by atoms with van der Waals surface area (Å²) in [6, 6.07) is 14.7. The van der Waals surface area contributed by atoms with Crippen molar-refractivity contribution in [3.63, 3.8) is 0 Å². The average molecular weight is 378 g/mol. The van der Waals surface area contributed by atoms with E-state index in [1.807, 2.05) is 31.2 Å². The Balaban J connectivity index is 1.77. The van der Waals surface area contributed by atoms with Crippen molar-refractivity contribution in [1.29, 1.82) is 0 Å². The Morgan fingerprint density at radius 3 is 2.43 bits per heavy atom. The lowest BCUT2D eigenvalue weighted by Gasteiger charge is -2.11. The van der Waals surface area contributed by atoms with Crippen molar-refractivity contribution in [2.75, 3.05) is 13.6 Å². The molecule has 0 saturated heterocycles. The van der Waals surface area contributed by atoms with Gasteiger partial charge in [0.05, 0.1) is 5.39 Å². The van der Waals surface area contributed by atoms with Crippen LogP contribution in [0.4, 0.5) is 0 Å². The van der Waals surface area contributed by atoms with Crippen molar-refractivity contribution in [3.05, 3.63) is 75.7 Å². The first-order valence-electron chi connectivity index (χ1n) is 9.04. The van der Waals surface area contributed by atoms with Crippen LogP contribution in [0.15, 0.2) is 53.3 Å². The third kappa shape index (κ3) is 4.09. The molecule has 0 fully saturated rings. The minimum Gasteiger partial charge on any atom is -0.354 e. The zero-order chi connectivity index (χ0) is 20.1. The second-order valence-electron chi connectivity index (χ2n) is 6.46. The number of rotatable bonds is 6. The van der Waals surface area contributed by atoms with Gasteiger partial charge in [-0.3, -0.25) is 14.4 Å². The number of nitrogens with one attached hydrogen (secondary N) is 2. The maximum absolute atomic E-state index is 12.7. The van der Waals surface area contributed by atoms with Crippen LogP contribution in [0.3, 0.4) is 0 Å². The molecule has 0 aliphatic carbocycles. The van der Waals surface area contributed by atoms with Crippen molar-refractivity contribution >= 4 is 22.6 Å². The van der Waals surface area contributed by atoms with Crippen LogP contribution in [0, 0.1) is 6.92 Å². The topological polar surface area (TPSA) is 93.1 Å². The molecule has 0 spiro atoms. The van der Waals surface area contributed by atoms with Crippen LogP contribution in [0.1, 0.15) is 21.6 Å². The molecular formula is C21H22N4O3. The maximum atomic E-state index is 12.7. The first-order valence-corrected chi connectivity index (χ1v) is 9.04. The molecule has 0 aliphatic heterocycles. The quantitative estimate of drug-likeness (QED) is 0.679. The molecule has 0 atom stereocenters. The average Bonchev–Trinajstić information content (AvgIpc) is 2.71. The summed E-state index contributed by atoms with van der Waals surface area (Å²) in [4.78, 5) is 37.1. The number of carbonyl (C=O) groups excluding carboxylic acids is 2. The highest BCUT2D eigenvalue weighted by molar-refractivity contribution is 6.04. The summed E-state index contributed by atoms with van der Waals surface area (Å²) in [6.45, 7) is 2.23. The van der Waals surface area contributed by atoms with Gasteiger partial charge in [0.2, 0.25) is 5.91 Å². The Kier molecular flexibility index (Phi) is 5.84. The van der Waals surface area contributed by atoms with E-state index in [0.717, 1.165) is 10.2 Å². The van der Waals surface area contributed by atoms with E-state index in [4.69, 9.17) is 0 Å². The summed E-state index contributed by atoms with van der Waals surface area (Å²) in [6.07, 6.45) is 0.696. The fourth-order valence-corrected chi connectivity index (χ4v) is 3.05. The first kappa shape index (κ1) is 19.3. The van der Waals surface area contributed by atoms with Crippen molar-refractivity contribution in [3.8, 4) is 0 Å². The van der Waals surface area contributed by atoms with Crippen molar-refractivity contribution in [2.45, 2.75) is 19.9 Å². The highest BCUT2D eigenvalue weighted by Crippen LogP contribution is 2.13. The normalized spacial score (nSPS) is 10.6. The number of hydrogen-bond donors (Lipinski definition) is 2. The standard InChI is InChI=1S/C21H22N4O3/c1-14-7-3-4-8-15(14)11-12-23-18(26)13-25-21(28)17-10-6-5-9-16(17)19(24-25)20(27)22-2/h3-10H,11-13H2,1-2H3,(H,22,27)(H,23,26). The molecule has 0 saturated carbocycles. The van der Waals surface area contributed by atoms with Gasteiger partial charge in [0.1, 0.15) is 6.54 Å². The van der Waals surface area contributed by atoms with Gasteiger partial charge in [-0.15, -0.1) is 0 Å². The van der Waals surface area contributed by atoms with Crippen LogP contribution in [-0.4, -0.2) is 35.2 Å². The molecule has 28 heavy (non-hydrogen) atoms. The number of aromatic nitrogens is 2. The molecule has 3 rings (SSSR count). The van der Waals surface area contributed by atoms with Crippen LogP contribution < -0.4 is 16.2 Å². The van der Waals surface area contributed by atoms with Gasteiger partial charge in [-0.1, -0.05) is 42.5 Å². The van der Waals surface area contributed by atoms with E-state index in [2.05, 4.69) is 15.7 Å². The second kappa shape index (κ2) is 8.47. The number of nitrogens with zero attached hydrogens (tertiary/aromatic N) is 2. The lowest BCUT2D eigenvalue weighted by molar-refractivity contribution is -0.121. The minimum atomic E-state index is -0.412. The summed E-state index contributed by atoms with van der Waals surface area (Å²) >= 11 is 0. The Morgan fingerprint density at radius 1 is 1.04 bits per heavy atom. The van der Waals surface area contributed by atoms with Gasteiger partial charge < -0.3 is 10.6 Å². The van der Waals surface area contributed by atoms with Crippen LogP contribution in [0.25, 0.3) is 10.8 Å². The second-order valence-corrected chi connectivity index (χ2v) is 6.46. The zero-order valence-corrected chi connectivity index (χ0v) is 15.9. The molecule has 2 amide bonds. The Bertz CT molecular complexity index is 1090. The van der Waals surface area contributed by atoms with E-state index in [9.17, 15) is 14.4 Å². The molecule has 7 heteroatoms. The van der Waals surface area contributed by atoms with Gasteiger partial charge in [0.15, 0.2) is 5.69 Å². The van der Waals surface area contributed by atoms with Gasteiger partial charge >= 0.3 is 0 Å². The molecule has 0 radical (unpaired) electrons. The van der Waals surface area contributed by atoms with Gasteiger partial charge in [0.25, 0.3) is 11.5 Å². The van der Waals surface area contributed by atoms with Crippen molar-refractivity contribution in [2.24, 2.45) is 0 Å². The lowest BCUT2D eigenvalue weighted by Crippen LogP contribution is -2.36. The number of hydrogen-bond acceptors (Lipinski definition) is 4. The number of amides is 2. The molecule has 0 bridgehead atoms. The number of fused-ring (bicyclic) bond motifs is 1. The summed E-state index contributed by atoms with van der Waals surface area (Å²) in [5, 5.41) is 10.3. The molecule has 144 valence electrons. The van der Waals surface area contributed by atoms with Gasteiger partial charge in [-0.05, 0) is 30.5 Å². The van der Waals surface area contributed by atoms with Gasteiger partial charge in [0, 0.05) is 19.0 Å². The lowest BCUT2D eigenvalue weighted by atomic mass is 10.1. The van der Waals surface area contributed by atoms with Crippen molar-refractivity contribution < 1.29 is 9.59 Å². The number of carbonyl (C=O) groups is 2. The van der Waals surface area contributed by atoms with E-state index < -0.39 is 11.5 Å². The molecule has 1 aromatic heterocycles. The van der Waals surface area contributed by atoms with E-state index in [1.165, 1.54) is 12.6 Å². The predicted molar refractivity (Wildman–Crippen MR) is 107 cm³/mol. The Hall–Kier alpha value is -3.48. The van der Waals surface area contributed by atoms with Crippen molar-refractivity contribution in [1.82, 2.24) is 20.4 Å². The van der Waals surface area contributed by atoms with Crippen LogP contribution >= 0.6 is 0 Å². The molecule has 2 N–H and O–H groups in total. The first-order chi connectivity index (χ1) is 13.5. The molecule has 0 unspecified atom stereocenters. The summed E-state index contributed by atoms with van der Waals surface area (Å²) in [7, 11) is 1.49. The van der Waals surface area contributed by atoms with E-state index in [-0.39, 0.29) is 18.1 Å².